The van der Waals surface area contributed by atoms with E-state index in [1.807, 2.05) is 36.4 Å². The Morgan fingerprint density at radius 3 is 2.41 bits per heavy atom. The van der Waals surface area contributed by atoms with Crippen LogP contribution in [0.15, 0.2) is 69.9 Å². The van der Waals surface area contributed by atoms with Gasteiger partial charge in [-0.3, -0.25) is 4.79 Å². The van der Waals surface area contributed by atoms with E-state index in [1.54, 1.807) is 25.1 Å². The number of hydrogen-bond donors (Lipinski definition) is 1. The molecule has 0 unspecified atom stereocenters. The number of halogens is 2. The molecule has 160 valence electrons. The Bertz CT molecular complexity index is 1600. The second kappa shape index (κ2) is 7.69. The molecule has 3 aromatic carbocycles. The molecule has 7 heteroatoms. The third-order valence-corrected chi connectivity index (χ3v) is 6.31. The third-order valence-electron chi connectivity index (χ3n) is 5.84. The van der Waals surface area contributed by atoms with Crippen molar-refractivity contribution in [2.75, 3.05) is 0 Å². The van der Waals surface area contributed by atoms with Gasteiger partial charge in [0.05, 0.1) is 5.92 Å². The van der Waals surface area contributed by atoms with Gasteiger partial charge in [0.15, 0.2) is 0 Å². The minimum Gasteiger partial charge on any atom is -0.481 e. The average Bonchev–Trinajstić information content (AvgIpc) is 3.05. The van der Waals surface area contributed by atoms with Gasteiger partial charge in [0, 0.05) is 49.8 Å². The predicted molar refractivity (Wildman–Crippen MR) is 127 cm³/mol. The summed E-state index contributed by atoms with van der Waals surface area (Å²) in [5.41, 5.74) is 3.24. The van der Waals surface area contributed by atoms with Gasteiger partial charge in [0.2, 0.25) is 0 Å². The van der Waals surface area contributed by atoms with Gasteiger partial charge in [0.1, 0.15) is 5.58 Å². The molecule has 5 aromatic rings. The van der Waals surface area contributed by atoms with Crippen molar-refractivity contribution in [3.63, 3.8) is 0 Å². The number of fused-ring (bicyclic) bond motifs is 4. The van der Waals surface area contributed by atoms with E-state index in [2.05, 4.69) is 4.57 Å². The van der Waals surface area contributed by atoms with Crippen molar-refractivity contribution >= 4 is 61.9 Å². The Morgan fingerprint density at radius 2 is 1.66 bits per heavy atom. The Balaban J connectivity index is 1.80. The first-order chi connectivity index (χ1) is 15.3. The van der Waals surface area contributed by atoms with E-state index in [1.165, 1.54) is 6.07 Å². The Morgan fingerprint density at radius 1 is 0.938 bits per heavy atom. The van der Waals surface area contributed by atoms with Crippen LogP contribution >= 0.6 is 23.2 Å². The molecule has 5 rings (SSSR count). The van der Waals surface area contributed by atoms with Crippen LogP contribution in [0, 0.1) is 0 Å². The minimum atomic E-state index is -0.892. The summed E-state index contributed by atoms with van der Waals surface area (Å²) in [6.45, 7) is 2.03. The van der Waals surface area contributed by atoms with Crippen LogP contribution in [0.3, 0.4) is 0 Å². The van der Waals surface area contributed by atoms with Crippen LogP contribution in [0.25, 0.3) is 32.8 Å². The van der Waals surface area contributed by atoms with Gasteiger partial charge >= 0.3 is 11.6 Å². The molecule has 0 fully saturated rings. The third kappa shape index (κ3) is 3.44. The van der Waals surface area contributed by atoms with Crippen LogP contribution in [0.4, 0.5) is 0 Å². The van der Waals surface area contributed by atoms with E-state index in [4.69, 9.17) is 27.6 Å². The van der Waals surface area contributed by atoms with Crippen molar-refractivity contribution in [2.45, 2.75) is 19.4 Å². The fraction of sp³-hybridized carbons (Fsp3) is 0.120. The lowest BCUT2D eigenvalue weighted by atomic mass is 10.00. The zero-order valence-electron chi connectivity index (χ0n) is 16.9. The van der Waals surface area contributed by atoms with Crippen molar-refractivity contribution in [3.8, 4) is 0 Å². The van der Waals surface area contributed by atoms with E-state index >= 15 is 0 Å². The monoisotopic (exact) mass is 465 g/mol. The minimum absolute atomic E-state index is 0.370. The molecule has 5 nitrogen and oxygen atoms in total. The molecule has 0 saturated carbocycles. The summed E-state index contributed by atoms with van der Waals surface area (Å²) in [6.07, 6.45) is 0. The highest BCUT2D eigenvalue weighted by atomic mass is 35.5. The zero-order chi connectivity index (χ0) is 22.6. The van der Waals surface area contributed by atoms with Gasteiger partial charge in [-0.1, -0.05) is 35.3 Å². The number of benzene rings is 3. The number of aliphatic carboxylic acids is 1. The zero-order valence-corrected chi connectivity index (χ0v) is 18.4. The topological polar surface area (TPSA) is 72.4 Å². The predicted octanol–water partition coefficient (Wildman–Crippen LogP) is 6.44. The molecule has 2 aromatic heterocycles. The first-order valence-corrected chi connectivity index (χ1v) is 10.7. The summed E-state index contributed by atoms with van der Waals surface area (Å²) in [6, 6.07) is 17.9. The van der Waals surface area contributed by atoms with Gasteiger partial charge in [0.25, 0.3) is 0 Å². The standard InChI is InChI=1S/C25H17Cl2NO4/c1-13(25(30)31)14-2-5-18-20-11-16(26)3-6-21(20)28(22(18)8-14)12-15-9-24(29)32-23-7-4-17(27)10-19(15)23/h2-11,13H,12H2,1H3,(H,30,31)/t13-/m1/s1. The highest BCUT2D eigenvalue weighted by Gasteiger charge is 2.18. The number of carboxylic acids is 1. The van der Waals surface area contributed by atoms with Crippen LogP contribution < -0.4 is 5.63 Å². The number of carboxylic acid groups (broad SMARTS) is 1. The van der Waals surface area contributed by atoms with Gasteiger partial charge < -0.3 is 14.1 Å². The Labute approximate surface area is 192 Å². The van der Waals surface area contributed by atoms with Gasteiger partial charge in [-0.15, -0.1) is 0 Å². The van der Waals surface area contributed by atoms with E-state index < -0.39 is 17.5 Å². The molecule has 2 heterocycles. The van der Waals surface area contributed by atoms with Gasteiger partial charge in [-0.05, 0) is 60.5 Å². The fourth-order valence-electron chi connectivity index (χ4n) is 4.17. The number of nitrogens with zero attached hydrogens (tertiary/aromatic N) is 1. The summed E-state index contributed by atoms with van der Waals surface area (Å²) in [7, 11) is 0. The molecule has 0 amide bonds. The van der Waals surface area contributed by atoms with Crippen molar-refractivity contribution in [1.82, 2.24) is 4.57 Å². The van der Waals surface area contributed by atoms with E-state index in [-0.39, 0.29) is 0 Å². The number of rotatable bonds is 4. The summed E-state index contributed by atoms with van der Waals surface area (Å²) in [4.78, 5) is 23.8. The maximum atomic E-state index is 12.2. The molecular formula is C25H17Cl2NO4. The summed E-state index contributed by atoms with van der Waals surface area (Å²) in [5, 5.41) is 13.3. The Kier molecular flexibility index (Phi) is 4.96. The van der Waals surface area contributed by atoms with Crippen LogP contribution in [0.2, 0.25) is 10.0 Å². The number of hydrogen-bond acceptors (Lipinski definition) is 3. The SMILES string of the molecule is C[C@@H](C(=O)O)c1ccc2c3cc(Cl)ccc3n(Cc3cc(=O)oc4ccc(Cl)cc34)c2c1. The first-order valence-electron chi connectivity index (χ1n) is 9.98. The molecule has 0 radical (unpaired) electrons. The molecule has 0 saturated heterocycles. The van der Waals surface area contributed by atoms with Crippen molar-refractivity contribution in [3.05, 3.63) is 92.3 Å². The lowest BCUT2D eigenvalue weighted by molar-refractivity contribution is -0.138. The molecule has 0 aliphatic rings. The molecule has 0 bridgehead atoms. The highest BCUT2D eigenvalue weighted by Crippen LogP contribution is 2.34. The quantitative estimate of drug-likeness (QED) is 0.309. The van der Waals surface area contributed by atoms with Crippen molar-refractivity contribution < 1.29 is 14.3 Å². The number of aromatic nitrogens is 1. The van der Waals surface area contributed by atoms with E-state index in [0.717, 1.165) is 32.8 Å². The highest BCUT2D eigenvalue weighted by molar-refractivity contribution is 6.32. The molecule has 1 N–H and O–H groups in total. The van der Waals surface area contributed by atoms with Crippen molar-refractivity contribution in [2.24, 2.45) is 0 Å². The largest absolute Gasteiger partial charge is 0.481 e. The maximum Gasteiger partial charge on any atom is 0.336 e. The molecule has 0 aliphatic heterocycles. The van der Waals surface area contributed by atoms with Crippen LogP contribution in [0.1, 0.15) is 24.0 Å². The van der Waals surface area contributed by atoms with Crippen LogP contribution in [0.5, 0.6) is 0 Å². The van der Waals surface area contributed by atoms with Gasteiger partial charge in [-0.25, -0.2) is 4.79 Å². The smallest absolute Gasteiger partial charge is 0.336 e. The molecular weight excluding hydrogens is 449 g/mol. The molecule has 0 aliphatic carbocycles. The van der Waals surface area contributed by atoms with Gasteiger partial charge in [-0.2, -0.15) is 0 Å². The maximum absolute atomic E-state index is 12.2. The molecule has 1 atom stereocenters. The lowest BCUT2D eigenvalue weighted by Crippen LogP contribution is -2.08. The van der Waals surface area contributed by atoms with E-state index in [0.29, 0.717) is 27.7 Å². The Hall–Kier alpha value is -3.28. The second-order valence-electron chi connectivity index (χ2n) is 7.82. The molecule has 32 heavy (non-hydrogen) atoms. The summed E-state index contributed by atoms with van der Waals surface area (Å²) >= 11 is 12.5. The second-order valence-corrected chi connectivity index (χ2v) is 8.69. The fourth-order valence-corrected chi connectivity index (χ4v) is 4.52. The summed E-state index contributed by atoms with van der Waals surface area (Å²) in [5.74, 6) is -1.55. The average molecular weight is 466 g/mol. The first kappa shape index (κ1) is 20.6. The molecule has 0 spiro atoms. The van der Waals surface area contributed by atoms with Crippen molar-refractivity contribution in [1.29, 1.82) is 0 Å². The lowest BCUT2D eigenvalue weighted by Gasteiger charge is -2.12. The normalized spacial score (nSPS) is 12.6. The van der Waals surface area contributed by atoms with Crippen LogP contribution in [-0.2, 0) is 11.3 Å². The number of carbonyl (C=O) groups is 1. The van der Waals surface area contributed by atoms with E-state index in [9.17, 15) is 14.7 Å². The van der Waals surface area contributed by atoms with Crippen LogP contribution in [-0.4, -0.2) is 15.6 Å². The summed E-state index contributed by atoms with van der Waals surface area (Å²) < 4.78 is 7.40.